The fourth-order valence-electron chi connectivity index (χ4n) is 2.77. The van der Waals surface area contributed by atoms with Crippen molar-refractivity contribution in [1.29, 1.82) is 0 Å². The van der Waals surface area contributed by atoms with Crippen molar-refractivity contribution in [1.82, 2.24) is 10.2 Å². The van der Waals surface area contributed by atoms with Gasteiger partial charge >= 0.3 is 0 Å². The average Bonchev–Trinajstić information content (AvgIpc) is 2.99. The van der Waals surface area contributed by atoms with Crippen molar-refractivity contribution in [2.45, 2.75) is 19.4 Å². The van der Waals surface area contributed by atoms with Crippen LogP contribution >= 0.6 is 0 Å². The van der Waals surface area contributed by atoms with E-state index >= 15 is 0 Å². The van der Waals surface area contributed by atoms with Gasteiger partial charge in [0.05, 0.1) is 12.7 Å². The van der Waals surface area contributed by atoms with Gasteiger partial charge in [-0.3, -0.25) is 9.69 Å². The van der Waals surface area contributed by atoms with Crippen molar-refractivity contribution in [2.75, 3.05) is 32.8 Å². The summed E-state index contributed by atoms with van der Waals surface area (Å²) >= 11 is 0. The van der Waals surface area contributed by atoms with Crippen LogP contribution in [0.3, 0.4) is 0 Å². The summed E-state index contributed by atoms with van der Waals surface area (Å²) in [5.41, 5.74) is 0.738. The molecule has 0 spiro atoms. The summed E-state index contributed by atoms with van der Waals surface area (Å²) in [4.78, 5) is 14.5. The van der Waals surface area contributed by atoms with Crippen LogP contribution < -0.4 is 5.32 Å². The molecule has 22 heavy (non-hydrogen) atoms. The van der Waals surface area contributed by atoms with Crippen molar-refractivity contribution >= 4 is 16.9 Å². The Kier molecular flexibility index (Phi) is 4.75. The summed E-state index contributed by atoms with van der Waals surface area (Å²) in [5, 5.41) is 3.86. The molecule has 5 heteroatoms. The lowest BCUT2D eigenvalue weighted by atomic mass is 10.2. The smallest absolute Gasteiger partial charge is 0.287 e. The molecule has 1 fully saturated rings. The first-order valence-electron chi connectivity index (χ1n) is 7.87. The van der Waals surface area contributed by atoms with E-state index in [1.807, 2.05) is 24.3 Å². The Morgan fingerprint density at radius 2 is 2.27 bits per heavy atom. The third-order valence-corrected chi connectivity index (χ3v) is 4.07. The topological polar surface area (TPSA) is 54.7 Å². The number of carbonyl (C=O) groups excluding carboxylic acids is 1. The molecule has 0 radical (unpaired) electrons. The van der Waals surface area contributed by atoms with Gasteiger partial charge in [-0.05, 0) is 25.1 Å². The second kappa shape index (κ2) is 6.94. The van der Waals surface area contributed by atoms with Gasteiger partial charge in [-0.2, -0.15) is 0 Å². The molecule has 1 N–H and O–H groups in total. The third kappa shape index (κ3) is 3.48. The molecule has 0 bridgehead atoms. The zero-order valence-electron chi connectivity index (χ0n) is 12.9. The number of ether oxygens (including phenoxy) is 1. The molecule has 1 aromatic carbocycles. The zero-order valence-corrected chi connectivity index (χ0v) is 12.9. The molecule has 1 aliphatic heterocycles. The van der Waals surface area contributed by atoms with E-state index in [1.54, 1.807) is 6.07 Å². The van der Waals surface area contributed by atoms with Gasteiger partial charge in [0.2, 0.25) is 0 Å². The van der Waals surface area contributed by atoms with Crippen LogP contribution in [0.15, 0.2) is 34.7 Å². The number of rotatable bonds is 5. The Morgan fingerprint density at radius 1 is 1.41 bits per heavy atom. The first-order valence-corrected chi connectivity index (χ1v) is 7.87. The number of benzene rings is 1. The molecule has 5 nitrogen and oxygen atoms in total. The molecule has 118 valence electrons. The van der Waals surface area contributed by atoms with E-state index < -0.39 is 0 Å². The second-order valence-electron chi connectivity index (χ2n) is 5.58. The van der Waals surface area contributed by atoms with Gasteiger partial charge in [-0.15, -0.1) is 0 Å². The molecular weight excluding hydrogens is 280 g/mol. The largest absolute Gasteiger partial charge is 0.451 e. The Hall–Kier alpha value is -1.85. The minimum atomic E-state index is -0.167. The van der Waals surface area contributed by atoms with E-state index in [0.717, 1.165) is 43.6 Å². The number of morpholine rings is 1. The summed E-state index contributed by atoms with van der Waals surface area (Å²) in [5.74, 6) is 0.195. The van der Waals surface area contributed by atoms with Crippen molar-refractivity contribution < 1.29 is 13.9 Å². The lowest BCUT2D eigenvalue weighted by molar-refractivity contribution is -0.0296. The molecule has 0 aliphatic carbocycles. The monoisotopic (exact) mass is 302 g/mol. The van der Waals surface area contributed by atoms with Crippen molar-refractivity contribution in [2.24, 2.45) is 0 Å². The minimum absolute atomic E-state index is 0.167. The van der Waals surface area contributed by atoms with Crippen molar-refractivity contribution in [3.63, 3.8) is 0 Å². The molecular formula is C17H22N2O3. The number of para-hydroxylation sites is 1. The highest BCUT2D eigenvalue weighted by Gasteiger charge is 2.19. The van der Waals surface area contributed by atoms with E-state index in [-0.39, 0.29) is 12.0 Å². The second-order valence-corrected chi connectivity index (χ2v) is 5.58. The van der Waals surface area contributed by atoms with Gasteiger partial charge in [0.15, 0.2) is 5.76 Å². The van der Waals surface area contributed by atoms with Gasteiger partial charge in [-0.25, -0.2) is 0 Å². The third-order valence-electron chi connectivity index (χ3n) is 4.07. The fraction of sp³-hybridized carbons (Fsp3) is 0.471. The van der Waals surface area contributed by atoms with E-state index in [9.17, 15) is 4.79 Å². The summed E-state index contributed by atoms with van der Waals surface area (Å²) in [6, 6.07) is 9.40. The normalized spacial score (nSPS) is 19.4. The SMILES string of the molecule is CCN1CCOC(CCNC(=O)c2cc3ccccc3o2)C1. The van der Waals surface area contributed by atoms with Crippen LogP contribution in [0.25, 0.3) is 11.0 Å². The molecule has 1 aliphatic rings. The van der Waals surface area contributed by atoms with Gasteiger partial charge < -0.3 is 14.5 Å². The number of nitrogens with zero attached hydrogens (tertiary/aromatic N) is 1. The number of nitrogens with one attached hydrogen (secondary N) is 1. The standard InChI is InChI=1S/C17H22N2O3/c1-2-19-9-10-21-14(12-19)7-8-18-17(20)16-11-13-5-3-4-6-15(13)22-16/h3-6,11,14H,2,7-10,12H2,1H3,(H,18,20). The number of likely N-dealkylation sites (N-methyl/N-ethyl adjacent to an activating group) is 1. The Morgan fingerprint density at radius 3 is 3.09 bits per heavy atom. The average molecular weight is 302 g/mol. The van der Waals surface area contributed by atoms with Crippen LogP contribution in [0, 0.1) is 0 Å². The highest BCUT2D eigenvalue weighted by Crippen LogP contribution is 2.18. The van der Waals surface area contributed by atoms with Crippen LogP contribution in [-0.2, 0) is 4.74 Å². The molecule has 2 aromatic rings. The first kappa shape index (κ1) is 15.1. The number of carbonyl (C=O) groups is 1. The van der Waals surface area contributed by atoms with Crippen LogP contribution in [-0.4, -0.2) is 49.7 Å². The number of fused-ring (bicyclic) bond motifs is 1. The zero-order chi connectivity index (χ0) is 15.4. The van der Waals surface area contributed by atoms with Gasteiger partial charge in [0.1, 0.15) is 5.58 Å². The van der Waals surface area contributed by atoms with Crippen LogP contribution in [0.4, 0.5) is 0 Å². The highest BCUT2D eigenvalue weighted by atomic mass is 16.5. The lowest BCUT2D eigenvalue weighted by Gasteiger charge is -2.32. The van der Waals surface area contributed by atoms with E-state index in [1.165, 1.54) is 0 Å². The number of amides is 1. The summed E-state index contributed by atoms with van der Waals surface area (Å²) in [6.45, 7) is 6.51. The highest BCUT2D eigenvalue weighted by molar-refractivity contribution is 5.95. The predicted octanol–water partition coefficient (Wildman–Crippen LogP) is 2.27. The lowest BCUT2D eigenvalue weighted by Crippen LogP contribution is -2.43. The van der Waals surface area contributed by atoms with Gasteiger partial charge in [0, 0.05) is 25.0 Å². The maximum atomic E-state index is 12.1. The molecule has 1 saturated heterocycles. The first-order chi connectivity index (χ1) is 10.8. The number of furan rings is 1. The van der Waals surface area contributed by atoms with Gasteiger partial charge in [-0.1, -0.05) is 25.1 Å². The minimum Gasteiger partial charge on any atom is -0.451 e. The number of hydrogen-bond acceptors (Lipinski definition) is 4. The summed E-state index contributed by atoms with van der Waals surface area (Å²) in [6.07, 6.45) is 1.02. The molecule has 1 unspecified atom stereocenters. The fourth-order valence-corrected chi connectivity index (χ4v) is 2.77. The molecule has 3 rings (SSSR count). The van der Waals surface area contributed by atoms with Crippen molar-refractivity contribution in [3.05, 3.63) is 36.1 Å². The number of hydrogen-bond donors (Lipinski definition) is 1. The van der Waals surface area contributed by atoms with Crippen molar-refractivity contribution in [3.8, 4) is 0 Å². The van der Waals surface area contributed by atoms with E-state index in [0.29, 0.717) is 12.3 Å². The van der Waals surface area contributed by atoms with Crippen LogP contribution in [0.2, 0.25) is 0 Å². The Labute approximate surface area is 130 Å². The quantitative estimate of drug-likeness (QED) is 0.920. The summed E-state index contributed by atoms with van der Waals surface area (Å²) < 4.78 is 11.3. The Bertz CT molecular complexity index is 605. The maximum absolute atomic E-state index is 12.1. The van der Waals surface area contributed by atoms with Gasteiger partial charge in [0.25, 0.3) is 5.91 Å². The van der Waals surface area contributed by atoms with Crippen LogP contribution in [0.1, 0.15) is 23.9 Å². The molecule has 1 aromatic heterocycles. The van der Waals surface area contributed by atoms with Crippen LogP contribution in [0.5, 0.6) is 0 Å². The van der Waals surface area contributed by atoms with E-state index in [4.69, 9.17) is 9.15 Å². The summed E-state index contributed by atoms with van der Waals surface area (Å²) in [7, 11) is 0. The maximum Gasteiger partial charge on any atom is 0.287 e. The molecule has 2 heterocycles. The van der Waals surface area contributed by atoms with E-state index in [2.05, 4.69) is 17.1 Å². The molecule has 1 amide bonds. The molecule has 0 saturated carbocycles. The molecule has 1 atom stereocenters. The Balaban J connectivity index is 1.50. The predicted molar refractivity (Wildman–Crippen MR) is 85.0 cm³/mol.